The summed E-state index contributed by atoms with van der Waals surface area (Å²) >= 11 is 1.36. The van der Waals surface area contributed by atoms with E-state index < -0.39 is 12.1 Å². The van der Waals surface area contributed by atoms with E-state index in [0.717, 1.165) is 10.2 Å². The number of thiazole rings is 1. The number of rotatable bonds is 4. The molecule has 0 fully saturated rings. The molecule has 1 aromatic heterocycles. The number of hydrogen-bond acceptors (Lipinski definition) is 4. The number of carbonyl (C=O) groups excluding carboxylic acids is 1. The SMILES string of the molecule is C=COc1ccc(NC(=O)C(F)(F)F)cc1-c1nc2ccccc2s1. The maximum atomic E-state index is 12.4. The maximum Gasteiger partial charge on any atom is 0.471 e. The lowest BCUT2D eigenvalue weighted by atomic mass is 10.2. The molecule has 3 aromatic rings. The lowest BCUT2D eigenvalue weighted by Crippen LogP contribution is -2.29. The number of hydrogen-bond donors (Lipinski definition) is 1. The second-order valence-corrected chi connectivity index (χ2v) is 5.96. The number of carbonyl (C=O) groups is 1. The quantitative estimate of drug-likeness (QED) is 0.664. The molecular formula is C17H11F3N2O2S. The first-order valence-electron chi connectivity index (χ1n) is 7.04. The Morgan fingerprint density at radius 1 is 1.24 bits per heavy atom. The first-order chi connectivity index (χ1) is 11.9. The molecule has 3 rings (SSSR count). The molecule has 0 saturated carbocycles. The standard InChI is InChI=1S/C17H11F3N2O2S/c1-2-24-13-8-7-10(21-16(23)17(18,19)20)9-11(13)15-22-12-5-3-4-6-14(12)25-15/h2-9H,1H2,(H,21,23). The monoisotopic (exact) mass is 364 g/mol. The summed E-state index contributed by atoms with van der Waals surface area (Å²) in [6.07, 6.45) is -3.76. The Morgan fingerprint density at radius 3 is 2.68 bits per heavy atom. The number of para-hydroxylation sites is 1. The van der Waals surface area contributed by atoms with Gasteiger partial charge < -0.3 is 10.1 Å². The van der Waals surface area contributed by atoms with Crippen molar-refractivity contribution >= 4 is 33.1 Å². The summed E-state index contributed by atoms with van der Waals surface area (Å²) in [7, 11) is 0. The van der Waals surface area contributed by atoms with Crippen molar-refractivity contribution in [3.63, 3.8) is 0 Å². The van der Waals surface area contributed by atoms with Crippen LogP contribution in [0.1, 0.15) is 0 Å². The molecule has 0 aliphatic heterocycles. The number of halogens is 3. The highest BCUT2D eigenvalue weighted by Gasteiger charge is 2.38. The Labute approximate surface area is 144 Å². The van der Waals surface area contributed by atoms with Gasteiger partial charge in [-0.15, -0.1) is 11.3 Å². The molecule has 25 heavy (non-hydrogen) atoms. The molecule has 0 atom stereocenters. The highest BCUT2D eigenvalue weighted by atomic mass is 32.1. The van der Waals surface area contributed by atoms with Crippen LogP contribution < -0.4 is 10.1 Å². The van der Waals surface area contributed by atoms with Gasteiger partial charge in [-0.25, -0.2) is 4.98 Å². The lowest BCUT2D eigenvalue weighted by Gasteiger charge is -2.11. The average molecular weight is 364 g/mol. The molecule has 0 radical (unpaired) electrons. The van der Waals surface area contributed by atoms with Crippen molar-refractivity contribution in [2.45, 2.75) is 6.18 Å². The largest absolute Gasteiger partial charge is 0.471 e. The minimum absolute atomic E-state index is 0.00649. The van der Waals surface area contributed by atoms with Crippen molar-refractivity contribution in [2.24, 2.45) is 0 Å². The van der Waals surface area contributed by atoms with Gasteiger partial charge in [-0.2, -0.15) is 13.2 Å². The van der Waals surface area contributed by atoms with E-state index in [1.807, 2.05) is 29.6 Å². The fraction of sp³-hybridized carbons (Fsp3) is 0.0588. The molecule has 1 N–H and O–H groups in total. The molecule has 2 aromatic carbocycles. The van der Waals surface area contributed by atoms with Crippen molar-refractivity contribution in [2.75, 3.05) is 5.32 Å². The van der Waals surface area contributed by atoms with E-state index >= 15 is 0 Å². The highest BCUT2D eigenvalue weighted by molar-refractivity contribution is 7.21. The van der Waals surface area contributed by atoms with Crippen LogP contribution in [0.4, 0.5) is 18.9 Å². The lowest BCUT2D eigenvalue weighted by molar-refractivity contribution is -0.167. The number of fused-ring (bicyclic) bond motifs is 1. The molecule has 0 spiro atoms. The highest BCUT2D eigenvalue weighted by Crippen LogP contribution is 2.37. The minimum Gasteiger partial charge on any atom is -0.465 e. The molecule has 8 heteroatoms. The molecule has 0 aliphatic carbocycles. The second kappa shape index (κ2) is 6.56. The van der Waals surface area contributed by atoms with Crippen LogP contribution >= 0.6 is 11.3 Å². The Balaban J connectivity index is 2.04. The summed E-state index contributed by atoms with van der Waals surface area (Å²) in [6, 6.07) is 11.6. The number of nitrogens with one attached hydrogen (secondary N) is 1. The van der Waals surface area contributed by atoms with E-state index in [2.05, 4.69) is 11.6 Å². The summed E-state index contributed by atoms with van der Waals surface area (Å²) in [5, 5.41) is 2.38. The van der Waals surface area contributed by atoms with Gasteiger partial charge in [0.05, 0.1) is 22.0 Å². The molecule has 128 valence electrons. The van der Waals surface area contributed by atoms with Gasteiger partial charge >= 0.3 is 12.1 Å². The van der Waals surface area contributed by atoms with Crippen molar-refractivity contribution < 1.29 is 22.7 Å². The van der Waals surface area contributed by atoms with Gasteiger partial charge in [-0.05, 0) is 30.3 Å². The molecule has 0 unspecified atom stereocenters. The number of amides is 1. The Kier molecular flexibility index (Phi) is 4.45. The first kappa shape index (κ1) is 17.0. The summed E-state index contributed by atoms with van der Waals surface area (Å²) in [5.74, 6) is -1.67. The number of alkyl halides is 3. The fourth-order valence-electron chi connectivity index (χ4n) is 2.16. The second-order valence-electron chi connectivity index (χ2n) is 4.93. The summed E-state index contributed by atoms with van der Waals surface area (Å²) in [6.45, 7) is 3.48. The number of nitrogens with zero attached hydrogens (tertiary/aromatic N) is 1. The number of ether oxygens (including phenoxy) is 1. The van der Waals surface area contributed by atoms with E-state index in [9.17, 15) is 18.0 Å². The summed E-state index contributed by atoms with van der Waals surface area (Å²) < 4.78 is 43.5. The van der Waals surface area contributed by atoms with Gasteiger partial charge in [-0.3, -0.25) is 4.79 Å². The van der Waals surface area contributed by atoms with E-state index in [1.165, 1.54) is 35.8 Å². The van der Waals surface area contributed by atoms with Gasteiger partial charge in [0.1, 0.15) is 10.8 Å². The van der Waals surface area contributed by atoms with E-state index in [4.69, 9.17) is 4.74 Å². The van der Waals surface area contributed by atoms with Gasteiger partial charge in [0.15, 0.2) is 0 Å². The first-order valence-corrected chi connectivity index (χ1v) is 7.86. The predicted molar refractivity (Wildman–Crippen MR) is 90.6 cm³/mol. The van der Waals surface area contributed by atoms with Crippen LogP contribution in [0.5, 0.6) is 5.75 Å². The van der Waals surface area contributed by atoms with Gasteiger partial charge in [0.25, 0.3) is 0 Å². The van der Waals surface area contributed by atoms with Crippen LogP contribution in [-0.4, -0.2) is 17.1 Å². The van der Waals surface area contributed by atoms with Crippen LogP contribution in [0.15, 0.2) is 55.3 Å². The van der Waals surface area contributed by atoms with Crippen LogP contribution in [-0.2, 0) is 4.79 Å². The molecule has 1 heterocycles. The predicted octanol–water partition coefficient (Wildman–Crippen LogP) is 4.99. The fourth-order valence-corrected chi connectivity index (χ4v) is 3.14. The molecule has 1 amide bonds. The van der Waals surface area contributed by atoms with Crippen molar-refractivity contribution in [1.29, 1.82) is 0 Å². The Bertz CT molecular complexity index is 917. The number of benzene rings is 2. The minimum atomic E-state index is -4.97. The normalized spacial score (nSPS) is 11.3. The topological polar surface area (TPSA) is 51.2 Å². The third-order valence-corrected chi connectivity index (χ3v) is 4.30. The van der Waals surface area contributed by atoms with Gasteiger partial charge in [-0.1, -0.05) is 18.7 Å². The average Bonchev–Trinajstić information content (AvgIpc) is 2.99. The molecule has 0 aliphatic rings. The Hall–Kier alpha value is -2.87. The number of aromatic nitrogens is 1. The zero-order valence-corrected chi connectivity index (χ0v) is 13.4. The summed E-state index contributed by atoms with van der Waals surface area (Å²) in [5.41, 5.74) is 1.21. The van der Waals surface area contributed by atoms with Crippen LogP contribution in [0.2, 0.25) is 0 Å². The van der Waals surface area contributed by atoms with E-state index in [1.54, 1.807) is 0 Å². The van der Waals surface area contributed by atoms with Gasteiger partial charge in [0, 0.05) is 5.69 Å². The van der Waals surface area contributed by atoms with Crippen LogP contribution in [0.3, 0.4) is 0 Å². The molecule has 0 bridgehead atoms. The maximum absolute atomic E-state index is 12.4. The van der Waals surface area contributed by atoms with Crippen LogP contribution in [0, 0.1) is 0 Å². The van der Waals surface area contributed by atoms with Crippen LogP contribution in [0.25, 0.3) is 20.8 Å². The molecule has 4 nitrogen and oxygen atoms in total. The zero-order valence-electron chi connectivity index (χ0n) is 12.6. The third kappa shape index (κ3) is 3.63. The van der Waals surface area contributed by atoms with E-state index in [0.29, 0.717) is 16.3 Å². The van der Waals surface area contributed by atoms with Crippen molar-refractivity contribution in [3.8, 4) is 16.3 Å². The third-order valence-electron chi connectivity index (χ3n) is 3.23. The van der Waals surface area contributed by atoms with Crippen molar-refractivity contribution in [1.82, 2.24) is 4.98 Å². The molecular weight excluding hydrogens is 353 g/mol. The Morgan fingerprint density at radius 2 is 2.00 bits per heavy atom. The molecule has 0 saturated heterocycles. The zero-order chi connectivity index (χ0) is 18.0. The smallest absolute Gasteiger partial charge is 0.465 e. The van der Waals surface area contributed by atoms with Gasteiger partial charge in [0.2, 0.25) is 0 Å². The summed E-state index contributed by atoms with van der Waals surface area (Å²) in [4.78, 5) is 15.6. The number of anilines is 1. The van der Waals surface area contributed by atoms with Crippen molar-refractivity contribution in [3.05, 3.63) is 55.3 Å². The van der Waals surface area contributed by atoms with E-state index in [-0.39, 0.29) is 5.69 Å².